The Morgan fingerprint density at radius 3 is 3.06 bits per heavy atom. The van der Waals surface area contributed by atoms with E-state index in [4.69, 9.17) is 9.84 Å². The smallest absolute Gasteiger partial charge is 0.352 e. The molecule has 5 heteroatoms. The summed E-state index contributed by atoms with van der Waals surface area (Å²) in [5.74, 6) is -0.882. The Balaban J connectivity index is 2.27. The zero-order valence-corrected chi connectivity index (χ0v) is 11.2. The van der Waals surface area contributed by atoms with Gasteiger partial charge in [-0.05, 0) is 48.4 Å². The van der Waals surface area contributed by atoms with Gasteiger partial charge in [-0.2, -0.15) is 0 Å². The molecule has 1 aliphatic heterocycles. The van der Waals surface area contributed by atoms with Crippen LogP contribution < -0.4 is 0 Å². The van der Waals surface area contributed by atoms with Gasteiger partial charge >= 0.3 is 5.97 Å². The average Bonchev–Trinajstić information content (AvgIpc) is 2.84. The predicted octanol–water partition coefficient (Wildman–Crippen LogP) is 2.53. The molecule has 4 nitrogen and oxygen atoms in total. The highest BCUT2D eigenvalue weighted by molar-refractivity contribution is 14.1. The highest BCUT2D eigenvalue weighted by Crippen LogP contribution is 2.26. The number of nitrogens with zero attached hydrogens (tertiary/aromatic N) is 1. The number of aromatic nitrogens is 1. The average molecular weight is 335 g/mol. The molecule has 2 atom stereocenters. The Hall–Kier alpha value is -0.560. The van der Waals surface area contributed by atoms with E-state index < -0.39 is 5.97 Å². The number of aromatic carboxylic acids is 1. The number of carboxylic acids is 1. The zero-order chi connectivity index (χ0) is 11.7. The maximum atomic E-state index is 11.1. The fourth-order valence-corrected chi connectivity index (χ4v) is 2.71. The summed E-state index contributed by atoms with van der Waals surface area (Å²) in [5.41, 5.74) is 0.340. The van der Waals surface area contributed by atoms with Crippen LogP contribution in [0.4, 0.5) is 0 Å². The van der Waals surface area contributed by atoms with Gasteiger partial charge in [0.2, 0.25) is 0 Å². The van der Waals surface area contributed by atoms with Crippen LogP contribution in [-0.2, 0) is 4.74 Å². The van der Waals surface area contributed by atoms with Gasteiger partial charge in [0.15, 0.2) is 0 Å². The van der Waals surface area contributed by atoms with Crippen LogP contribution in [0.2, 0.25) is 0 Å². The van der Waals surface area contributed by atoms with Gasteiger partial charge in [-0.1, -0.05) is 0 Å². The summed E-state index contributed by atoms with van der Waals surface area (Å²) in [4.78, 5) is 11.1. The van der Waals surface area contributed by atoms with Crippen LogP contribution in [0.1, 0.15) is 36.3 Å². The number of hydrogen-bond donors (Lipinski definition) is 1. The standard InChI is InChI=1S/C11H14INO3/c1-7(10-3-2-4-16-10)13-6-8(12)5-9(13)11(14)15/h5-7,10H,2-4H2,1H3,(H,14,15). The number of ether oxygens (including phenoxy) is 1. The fraction of sp³-hybridized carbons (Fsp3) is 0.545. The van der Waals surface area contributed by atoms with Gasteiger partial charge in [0.25, 0.3) is 0 Å². The third-order valence-corrected chi connectivity index (χ3v) is 3.57. The van der Waals surface area contributed by atoms with E-state index in [2.05, 4.69) is 22.6 Å². The Bertz CT molecular complexity index is 396. The second-order valence-corrected chi connectivity index (χ2v) is 5.29. The quantitative estimate of drug-likeness (QED) is 0.864. The predicted molar refractivity (Wildman–Crippen MR) is 67.8 cm³/mol. The first-order valence-electron chi connectivity index (χ1n) is 5.32. The van der Waals surface area contributed by atoms with Gasteiger partial charge in [-0.25, -0.2) is 4.79 Å². The fourth-order valence-electron chi connectivity index (χ4n) is 2.12. The van der Waals surface area contributed by atoms with Gasteiger partial charge in [-0.3, -0.25) is 0 Å². The van der Waals surface area contributed by atoms with E-state index in [1.165, 1.54) is 0 Å². The van der Waals surface area contributed by atoms with Crippen LogP contribution in [-0.4, -0.2) is 28.4 Å². The molecule has 0 aliphatic carbocycles. The zero-order valence-electron chi connectivity index (χ0n) is 9.02. The van der Waals surface area contributed by atoms with Crippen molar-refractivity contribution in [1.82, 2.24) is 4.57 Å². The lowest BCUT2D eigenvalue weighted by atomic mass is 10.1. The highest BCUT2D eigenvalue weighted by atomic mass is 127. The summed E-state index contributed by atoms with van der Waals surface area (Å²) in [6.45, 7) is 2.80. The van der Waals surface area contributed by atoms with Gasteiger partial charge in [-0.15, -0.1) is 0 Å². The molecule has 2 rings (SSSR count). The van der Waals surface area contributed by atoms with Gasteiger partial charge < -0.3 is 14.4 Å². The molecule has 0 bridgehead atoms. The molecule has 1 saturated heterocycles. The summed E-state index contributed by atoms with van der Waals surface area (Å²) >= 11 is 2.13. The first-order valence-corrected chi connectivity index (χ1v) is 6.39. The lowest BCUT2D eigenvalue weighted by Gasteiger charge is -2.21. The van der Waals surface area contributed by atoms with E-state index in [0.717, 1.165) is 23.0 Å². The lowest BCUT2D eigenvalue weighted by molar-refractivity contribution is 0.0622. The van der Waals surface area contributed by atoms with Gasteiger partial charge in [0, 0.05) is 16.4 Å². The van der Waals surface area contributed by atoms with Gasteiger partial charge in [0.1, 0.15) is 5.69 Å². The normalized spacial score (nSPS) is 22.2. The van der Waals surface area contributed by atoms with Crippen molar-refractivity contribution >= 4 is 28.6 Å². The third kappa shape index (κ3) is 2.24. The Morgan fingerprint density at radius 2 is 2.50 bits per heavy atom. The molecular formula is C11H14INO3. The largest absolute Gasteiger partial charge is 0.477 e. The van der Waals surface area contributed by atoms with Crippen molar-refractivity contribution in [1.29, 1.82) is 0 Å². The second kappa shape index (κ2) is 4.75. The number of halogens is 1. The maximum absolute atomic E-state index is 11.1. The number of hydrogen-bond acceptors (Lipinski definition) is 2. The lowest BCUT2D eigenvalue weighted by Crippen LogP contribution is -2.23. The van der Waals surface area contributed by atoms with E-state index >= 15 is 0 Å². The summed E-state index contributed by atoms with van der Waals surface area (Å²) in [6, 6.07) is 1.77. The molecule has 16 heavy (non-hydrogen) atoms. The Morgan fingerprint density at radius 1 is 1.75 bits per heavy atom. The maximum Gasteiger partial charge on any atom is 0.352 e. The minimum Gasteiger partial charge on any atom is -0.477 e. The van der Waals surface area contributed by atoms with Crippen molar-refractivity contribution in [3.8, 4) is 0 Å². The number of carbonyl (C=O) groups is 1. The van der Waals surface area contributed by atoms with E-state index in [9.17, 15) is 4.79 Å². The van der Waals surface area contributed by atoms with Crippen LogP contribution in [0.15, 0.2) is 12.3 Å². The molecule has 88 valence electrons. The minimum atomic E-state index is -0.882. The van der Waals surface area contributed by atoms with E-state index in [1.54, 1.807) is 10.6 Å². The third-order valence-electron chi connectivity index (χ3n) is 2.98. The monoisotopic (exact) mass is 335 g/mol. The second-order valence-electron chi connectivity index (χ2n) is 4.05. The molecular weight excluding hydrogens is 321 g/mol. The summed E-state index contributed by atoms with van der Waals surface area (Å²) < 4.78 is 8.35. The van der Waals surface area contributed by atoms with Crippen LogP contribution in [0.25, 0.3) is 0 Å². The van der Waals surface area contributed by atoms with E-state index in [0.29, 0.717) is 5.69 Å². The van der Waals surface area contributed by atoms with Crippen molar-refractivity contribution in [2.45, 2.75) is 31.9 Å². The number of rotatable bonds is 3. The first kappa shape index (κ1) is 11.9. The molecule has 0 amide bonds. The Kier molecular flexibility index (Phi) is 3.53. The summed E-state index contributed by atoms with van der Waals surface area (Å²) in [5, 5.41) is 9.11. The van der Waals surface area contributed by atoms with Crippen LogP contribution >= 0.6 is 22.6 Å². The van der Waals surface area contributed by atoms with E-state index in [-0.39, 0.29) is 12.1 Å². The molecule has 0 radical (unpaired) electrons. The SMILES string of the molecule is CC(C1CCCO1)n1cc(I)cc1C(=O)O. The van der Waals surface area contributed by atoms with Crippen LogP contribution in [0.3, 0.4) is 0 Å². The molecule has 1 N–H and O–H groups in total. The minimum absolute atomic E-state index is 0.0807. The first-order chi connectivity index (χ1) is 7.59. The highest BCUT2D eigenvalue weighted by Gasteiger charge is 2.26. The van der Waals surface area contributed by atoms with Crippen molar-refractivity contribution in [3.63, 3.8) is 0 Å². The van der Waals surface area contributed by atoms with Crippen molar-refractivity contribution < 1.29 is 14.6 Å². The molecule has 2 unspecified atom stereocenters. The molecule has 2 heterocycles. The number of carboxylic acid groups (broad SMARTS) is 1. The topological polar surface area (TPSA) is 51.5 Å². The molecule has 1 aliphatic rings. The molecule has 1 aromatic rings. The van der Waals surface area contributed by atoms with Crippen LogP contribution in [0.5, 0.6) is 0 Å². The van der Waals surface area contributed by atoms with Crippen molar-refractivity contribution in [2.24, 2.45) is 0 Å². The van der Waals surface area contributed by atoms with Crippen LogP contribution in [0, 0.1) is 3.57 Å². The van der Waals surface area contributed by atoms with Gasteiger partial charge in [0.05, 0.1) is 12.1 Å². The van der Waals surface area contributed by atoms with Crippen molar-refractivity contribution in [3.05, 3.63) is 21.5 Å². The molecule has 0 spiro atoms. The summed E-state index contributed by atoms with van der Waals surface area (Å²) in [6.07, 6.45) is 4.09. The molecule has 0 saturated carbocycles. The molecule has 0 aromatic carbocycles. The molecule has 1 aromatic heterocycles. The van der Waals surface area contributed by atoms with E-state index in [1.807, 2.05) is 13.1 Å². The summed E-state index contributed by atoms with van der Waals surface area (Å²) in [7, 11) is 0. The van der Waals surface area contributed by atoms with Crippen molar-refractivity contribution in [2.75, 3.05) is 6.61 Å². The molecule has 1 fully saturated rings. The Labute approximate surface area is 108 Å².